The minimum Gasteiger partial charge on any atom is -0.481 e. The zero-order chi connectivity index (χ0) is 55.0. The number of carbonyl (C=O) groups excluding carboxylic acids is 8. The van der Waals surface area contributed by atoms with Crippen molar-refractivity contribution in [1.29, 1.82) is 0 Å². The Hall–Kier alpha value is -5.77. The summed E-state index contributed by atoms with van der Waals surface area (Å²) in [5, 5.41) is 30.1. The number of hydrogen-bond donors (Lipinski definition) is 11. The second kappa shape index (κ2) is 36.2. The van der Waals surface area contributed by atoms with Crippen LogP contribution in [0.15, 0.2) is 48.7 Å². The van der Waals surface area contributed by atoms with Crippen LogP contribution >= 0.6 is 0 Å². The maximum Gasteiger partial charge on any atom is 0.303 e. The fourth-order valence-electron chi connectivity index (χ4n) is 8.07. The summed E-state index contributed by atoms with van der Waals surface area (Å²) in [4.78, 5) is 119. The number of carbonyl (C=O) groups is 9. The average molecular weight is 1030 g/mol. The minimum absolute atomic E-state index is 0.0345. The van der Waals surface area contributed by atoms with Crippen molar-refractivity contribution in [2.24, 2.45) is 29.0 Å². The molecule has 0 aromatic rings. The molecule has 0 aromatic heterocycles. The van der Waals surface area contributed by atoms with E-state index in [-0.39, 0.29) is 69.2 Å². The number of aliphatic carboxylic acids is 1. The molecule has 73 heavy (non-hydrogen) atoms. The van der Waals surface area contributed by atoms with Crippen molar-refractivity contribution in [2.45, 2.75) is 192 Å². The molecule has 1 rings (SSSR count). The van der Waals surface area contributed by atoms with Gasteiger partial charge in [0.1, 0.15) is 36.7 Å². The molecule has 21 nitrogen and oxygen atoms in total. The van der Waals surface area contributed by atoms with E-state index in [1.54, 1.807) is 26.8 Å². The number of amides is 6. The lowest BCUT2D eigenvalue weighted by atomic mass is 9.98. The number of carboxylic acid groups (broad SMARTS) is 1. The van der Waals surface area contributed by atoms with Gasteiger partial charge in [-0.15, -0.1) is 6.58 Å². The van der Waals surface area contributed by atoms with E-state index in [9.17, 15) is 48.3 Å². The summed E-state index contributed by atoms with van der Waals surface area (Å²) < 4.78 is 0. The highest BCUT2D eigenvalue weighted by atomic mass is 16.4. The van der Waals surface area contributed by atoms with Gasteiger partial charge in [0.05, 0.1) is 24.3 Å². The molecule has 0 saturated heterocycles. The lowest BCUT2D eigenvalue weighted by Crippen LogP contribution is -2.59. The Kier molecular flexibility index (Phi) is 32.4. The molecule has 21 heteroatoms. The third kappa shape index (κ3) is 25.2. The van der Waals surface area contributed by atoms with Gasteiger partial charge in [-0.05, 0) is 109 Å². The Morgan fingerprint density at radius 3 is 1.90 bits per heavy atom. The molecule has 9 atom stereocenters. The highest BCUT2D eigenvalue weighted by Gasteiger charge is 2.34. The number of likely N-dealkylation sites (N-methyl/N-ethyl adjacent to an activating group) is 1. The molecule has 0 bridgehead atoms. The number of nitrogens with two attached hydrogens (primary N) is 3. The van der Waals surface area contributed by atoms with Crippen molar-refractivity contribution in [3.05, 3.63) is 48.7 Å². The summed E-state index contributed by atoms with van der Waals surface area (Å²) in [5.74, 6) is -5.04. The molecule has 6 amide bonds. The van der Waals surface area contributed by atoms with Crippen LogP contribution in [0.3, 0.4) is 0 Å². The van der Waals surface area contributed by atoms with Gasteiger partial charge in [-0.2, -0.15) is 0 Å². The Balaban J connectivity index is 3.32. The van der Waals surface area contributed by atoms with Crippen LogP contribution in [0, 0.1) is 11.8 Å². The highest BCUT2D eigenvalue weighted by Crippen LogP contribution is 2.21. The topological polar surface area (TPSA) is 339 Å². The maximum atomic E-state index is 14.1. The normalized spacial score (nSPS) is 15.7. The molecule has 0 aromatic carbocycles. The van der Waals surface area contributed by atoms with Crippen LogP contribution in [-0.4, -0.2) is 138 Å². The first-order chi connectivity index (χ1) is 34.7. The second-order valence-electron chi connectivity index (χ2n) is 19.4. The molecular formula is C52H89N11O10. The maximum absolute atomic E-state index is 14.1. The number of rotatable bonds is 41. The van der Waals surface area contributed by atoms with Crippen molar-refractivity contribution in [2.75, 3.05) is 19.6 Å². The standard InChI is InChI=1S/C52H89N11O10/c1-9-11-22-40(50(71)60-41(23-15-17-28-54)51(72)62-44(24-18-29-64)58-43(32-65)33(3)4)59-48(69)36(8)63(10-2)45(66)31-38(25-26-46(67)68)57-52(73)47(34(5)6)56-35(7)42(30-37-19-12-13-20-37)61-49(70)39(55)21-14-16-27-53/h9,12-13,19,29,32-34,36,38-44,47,56,58H,1,7,10-11,14-18,20-28,30-31,53-55H2,2-6,8H3,(H,57,73)(H,59,69)(H,60,71)(H,61,70)(H,62,72)(H,67,68). The van der Waals surface area contributed by atoms with E-state index in [1.807, 2.05) is 32.1 Å². The molecule has 0 saturated carbocycles. The Morgan fingerprint density at radius 2 is 1.36 bits per heavy atom. The smallest absolute Gasteiger partial charge is 0.303 e. The molecule has 9 unspecified atom stereocenters. The molecule has 1 aliphatic carbocycles. The quantitative estimate of drug-likeness (QED) is 0.0179. The molecule has 0 aliphatic heterocycles. The minimum atomic E-state index is -1.17. The lowest BCUT2D eigenvalue weighted by Gasteiger charge is -2.32. The van der Waals surface area contributed by atoms with Crippen LogP contribution in [0.2, 0.25) is 0 Å². The number of allylic oxidation sites excluding steroid dienone is 4. The Labute approximate surface area is 432 Å². The van der Waals surface area contributed by atoms with Crippen LogP contribution in [0.1, 0.15) is 138 Å². The molecule has 0 spiro atoms. The largest absolute Gasteiger partial charge is 0.481 e. The number of unbranched alkanes of at least 4 members (excludes halogenated alkanes) is 2. The van der Waals surface area contributed by atoms with Crippen molar-refractivity contribution < 1.29 is 48.3 Å². The van der Waals surface area contributed by atoms with Gasteiger partial charge in [0.25, 0.3) is 0 Å². The van der Waals surface area contributed by atoms with Crippen LogP contribution in [0.25, 0.3) is 0 Å². The van der Waals surface area contributed by atoms with Gasteiger partial charge in [0, 0.05) is 37.5 Å². The first kappa shape index (κ1) is 65.2. The number of hydrogen-bond acceptors (Lipinski definition) is 14. The number of aldehydes is 2. The Morgan fingerprint density at radius 1 is 0.740 bits per heavy atom. The first-order valence-corrected chi connectivity index (χ1v) is 25.9. The number of carboxylic acids is 1. The predicted octanol–water partition coefficient (Wildman–Crippen LogP) is 1.61. The van der Waals surface area contributed by atoms with Gasteiger partial charge in [0.15, 0.2) is 0 Å². The van der Waals surface area contributed by atoms with E-state index >= 15 is 0 Å². The summed E-state index contributed by atoms with van der Waals surface area (Å²) in [5.41, 5.74) is 19.0. The van der Waals surface area contributed by atoms with Crippen LogP contribution in [0.4, 0.5) is 0 Å². The summed E-state index contributed by atoms with van der Waals surface area (Å²) in [6.45, 7) is 19.2. The molecule has 0 radical (unpaired) electrons. The fourth-order valence-corrected chi connectivity index (χ4v) is 8.07. The molecule has 1 aliphatic rings. The second-order valence-corrected chi connectivity index (χ2v) is 19.4. The van der Waals surface area contributed by atoms with E-state index in [0.29, 0.717) is 70.0 Å². The zero-order valence-electron chi connectivity index (χ0n) is 44.3. The first-order valence-electron chi connectivity index (χ1n) is 25.9. The number of nitrogens with zero attached hydrogens (tertiary/aromatic N) is 1. The summed E-state index contributed by atoms with van der Waals surface area (Å²) in [7, 11) is 0. The lowest BCUT2D eigenvalue weighted by molar-refractivity contribution is -0.142. The summed E-state index contributed by atoms with van der Waals surface area (Å²) >= 11 is 0. The van der Waals surface area contributed by atoms with Crippen LogP contribution in [0.5, 0.6) is 0 Å². The van der Waals surface area contributed by atoms with Gasteiger partial charge in [0.2, 0.25) is 35.4 Å². The van der Waals surface area contributed by atoms with E-state index in [2.05, 4.69) is 50.4 Å². The SMILES string of the molecule is C=CCCC(NC(=O)C(C)N(CC)C(=O)CC(CCC(=O)O)NC(=O)C(NC(=C)C(CC1=CC=CC1)NC(=O)C(N)CCCCN)C(C)C)C(=O)NC(CCCCN)C(=O)NC(CCC=O)NC(C=O)C(C)C. The number of nitrogens with one attached hydrogen (secondary N) is 7. The van der Waals surface area contributed by atoms with E-state index in [0.717, 1.165) is 18.3 Å². The molecular weight excluding hydrogens is 939 g/mol. The van der Waals surface area contributed by atoms with Gasteiger partial charge in [-0.1, -0.05) is 70.6 Å². The highest BCUT2D eigenvalue weighted by molar-refractivity contribution is 5.94. The van der Waals surface area contributed by atoms with Crippen LogP contribution in [-0.2, 0) is 43.2 Å². The predicted molar refractivity (Wildman–Crippen MR) is 282 cm³/mol. The van der Waals surface area contributed by atoms with Gasteiger partial charge in [-0.3, -0.25) is 38.9 Å². The summed E-state index contributed by atoms with van der Waals surface area (Å²) in [6, 6.07) is -7.36. The molecule has 412 valence electrons. The van der Waals surface area contributed by atoms with Crippen molar-refractivity contribution in [3.8, 4) is 0 Å². The van der Waals surface area contributed by atoms with Gasteiger partial charge < -0.3 is 68.7 Å². The van der Waals surface area contributed by atoms with Gasteiger partial charge >= 0.3 is 5.97 Å². The molecule has 0 fully saturated rings. The van der Waals surface area contributed by atoms with E-state index in [4.69, 9.17) is 17.2 Å². The van der Waals surface area contributed by atoms with E-state index in [1.165, 1.54) is 11.8 Å². The van der Waals surface area contributed by atoms with Crippen molar-refractivity contribution >= 4 is 54.0 Å². The molecule has 0 heterocycles. The van der Waals surface area contributed by atoms with Gasteiger partial charge in [-0.25, -0.2) is 0 Å². The molecule has 14 N–H and O–H groups in total. The summed E-state index contributed by atoms with van der Waals surface area (Å²) in [6.07, 6.45) is 12.0. The van der Waals surface area contributed by atoms with E-state index < -0.39 is 90.0 Å². The third-order valence-corrected chi connectivity index (χ3v) is 12.7. The average Bonchev–Trinajstić information content (AvgIpc) is 3.86. The van der Waals surface area contributed by atoms with Crippen molar-refractivity contribution in [3.63, 3.8) is 0 Å². The van der Waals surface area contributed by atoms with Crippen LogP contribution < -0.4 is 54.4 Å². The Bertz CT molecular complexity index is 1870. The fraction of sp³-hybridized carbons (Fsp3) is 0.673. The van der Waals surface area contributed by atoms with Crippen molar-refractivity contribution in [1.82, 2.24) is 42.1 Å². The monoisotopic (exact) mass is 1030 g/mol. The third-order valence-electron chi connectivity index (χ3n) is 12.7. The zero-order valence-corrected chi connectivity index (χ0v) is 44.3.